The first-order valence-electron chi connectivity index (χ1n) is 10.1. The van der Waals surface area contributed by atoms with Gasteiger partial charge in [-0.25, -0.2) is 4.68 Å². The van der Waals surface area contributed by atoms with Crippen molar-refractivity contribution in [3.63, 3.8) is 0 Å². The lowest BCUT2D eigenvalue weighted by Crippen LogP contribution is -2.36. The zero-order valence-electron chi connectivity index (χ0n) is 18.1. The fourth-order valence-electron chi connectivity index (χ4n) is 3.34. The number of carbonyl (C=O) groups excluding carboxylic acids is 3. The fraction of sp³-hybridized carbons (Fsp3) is 0.0417. The Hall–Kier alpha value is -3.72. The number of anilines is 2. The molecule has 1 aromatic heterocycles. The molecule has 0 saturated heterocycles. The standard InChI is InChI=1S/C24H17Cl3N4O4/c1-35-19-7-2-4-13-12-18(22(32)28-15-10-8-14(25)9-11-15)31(21(13)19)30-24(34)23(33)29-17-6-3-5-16(26)20(17)27/h2-12H,1H3,(H,28,32)(H,29,33)(H,30,34). The zero-order chi connectivity index (χ0) is 25.1. The van der Waals surface area contributed by atoms with Gasteiger partial charge in [0.25, 0.3) is 5.91 Å². The normalized spacial score (nSPS) is 10.6. The molecule has 4 aromatic rings. The van der Waals surface area contributed by atoms with Crippen LogP contribution in [0.2, 0.25) is 15.1 Å². The van der Waals surface area contributed by atoms with Gasteiger partial charge >= 0.3 is 11.8 Å². The van der Waals surface area contributed by atoms with Crippen molar-refractivity contribution in [1.29, 1.82) is 0 Å². The molecule has 0 saturated carbocycles. The number of methoxy groups -OCH3 is 1. The first-order valence-corrected chi connectivity index (χ1v) is 11.2. The van der Waals surface area contributed by atoms with Crippen LogP contribution in [0, 0.1) is 0 Å². The van der Waals surface area contributed by atoms with E-state index >= 15 is 0 Å². The lowest BCUT2D eigenvalue weighted by Gasteiger charge is -2.14. The molecule has 0 spiro atoms. The highest BCUT2D eigenvalue weighted by atomic mass is 35.5. The number of ether oxygens (including phenoxy) is 1. The van der Waals surface area contributed by atoms with Crippen LogP contribution in [0.5, 0.6) is 5.75 Å². The second-order valence-electron chi connectivity index (χ2n) is 7.22. The van der Waals surface area contributed by atoms with Gasteiger partial charge in [-0.1, -0.05) is 53.0 Å². The number of rotatable bonds is 5. The second kappa shape index (κ2) is 10.3. The van der Waals surface area contributed by atoms with Gasteiger partial charge in [0.1, 0.15) is 17.0 Å². The number of halogens is 3. The Labute approximate surface area is 214 Å². The fourth-order valence-corrected chi connectivity index (χ4v) is 3.81. The molecule has 0 aliphatic rings. The van der Waals surface area contributed by atoms with Crippen molar-refractivity contribution in [2.45, 2.75) is 0 Å². The summed E-state index contributed by atoms with van der Waals surface area (Å²) >= 11 is 18.0. The molecule has 11 heteroatoms. The molecule has 0 radical (unpaired) electrons. The number of nitrogens with one attached hydrogen (secondary N) is 3. The molecule has 0 atom stereocenters. The van der Waals surface area contributed by atoms with E-state index in [1.807, 2.05) is 0 Å². The van der Waals surface area contributed by atoms with Crippen LogP contribution >= 0.6 is 34.8 Å². The van der Waals surface area contributed by atoms with Gasteiger partial charge in [0, 0.05) is 16.1 Å². The zero-order valence-corrected chi connectivity index (χ0v) is 20.3. The average Bonchev–Trinajstić information content (AvgIpc) is 3.22. The van der Waals surface area contributed by atoms with Crippen molar-refractivity contribution < 1.29 is 19.1 Å². The van der Waals surface area contributed by atoms with E-state index in [4.69, 9.17) is 39.5 Å². The summed E-state index contributed by atoms with van der Waals surface area (Å²) in [7, 11) is 1.45. The quantitative estimate of drug-likeness (QED) is 0.293. The molecule has 3 N–H and O–H groups in total. The minimum atomic E-state index is -1.05. The molecule has 1 heterocycles. The molecule has 3 amide bonds. The molecule has 8 nitrogen and oxygen atoms in total. The summed E-state index contributed by atoms with van der Waals surface area (Å²) in [6.45, 7) is 0. The number of benzene rings is 3. The summed E-state index contributed by atoms with van der Waals surface area (Å²) in [6.07, 6.45) is 0. The van der Waals surface area contributed by atoms with Crippen LogP contribution in [0.3, 0.4) is 0 Å². The molecule has 0 aliphatic carbocycles. The Morgan fingerprint density at radius 1 is 0.857 bits per heavy atom. The summed E-state index contributed by atoms with van der Waals surface area (Å²) in [6, 6.07) is 17.8. The summed E-state index contributed by atoms with van der Waals surface area (Å²) in [5.74, 6) is -2.23. The third kappa shape index (κ3) is 5.19. The highest BCUT2D eigenvalue weighted by molar-refractivity contribution is 6.46. The second-order valence-corrected chi connectivity index (χ2v) is 8.44. The van der Waals surface area contributed by atoms with Crippen LogP contribution < -0.4 is 20.8 Å². The lowest BCUT2D eigenvalue weighted by molar-refractivity contribution is -0.133. The van der Waals surface area contributed by atoms with E-state index in [0.29, 0.717) is 27.4 Å². The summed E-state index contributed by atoms with van der Waals surface area (Å²) in [5, 5.41) is 6.56. The third-order valence-electron chi connectivity index (χ3n) is 4.96. The van der Waals surface area contributed by atoms with E-state index < -0.39 is 17.7 Å². The van der Waals surface area contributed by atoms with Crippen LogP contribution in [0.4, 0.5) is 11.4 Å². The maximum atomic E-state index is 13.1. The number of carbonyl (C=O) groups is 3. The summed E-state index contributed by atoms with van der Waals surface area (Å²) < 4.78 is 6.60. The maximum absolute atomic E-state index is 13.1. The van der Waals surface area contributed by atoms with Gasteiger partial charge in [-0.3, -0.25) is 19.8 Å². The summed E-state index contributed by atoms with van der Waals surface area (Å²) in [5.41, 5.74) is 3.56. The van der Waals surface area contributed by atoms with Crippen molar-refractivity contribution >= 4 is 74.8 Å². The lowest BCUT2D eigenvalue weighted by atomic mass is 10.2. The smallest absolute Gasteiger partial charge is 0.328 e. The predicted octanol–water partition coefficient (Wildman–Crippen LogP) is 5.57. The number of hydrogen-bond acceptors (Lipinski definition) is 4. The molecule has 178 valence electrons. The highest BCUT2D eigenvalue weighted by Crippen LogP contribution is 2.30. The van der Waals surface area contributed by atoms with E-state index in [1.165, 1.54) is 17.9 Å². The SMILES string of the molecule is COc1cccc2cc(C(=O)Nc3ccc(Cl)cc3)n(NC(=O)C(=O)Nc3cccc(Cl)c3Cl)c12. The van der Waals surface area contributed by atoms with Gasteiger partial charge in [0.2, 0.25) is 0 Å². The minimum Gasteiger partial charge on any atom is -0.494 e. The Balaban J connectivity index is 1.67. The summed E-state index contributed by atoms with van der Waals surface area (Å²) in [4.78, 5) is 38.6. The van der Waals surface area contributed by atoms with Crippen molar-refractivity contribution in [3.05, 3.63) is 87.5 Å². The Morgan fingerprint density at radius 3 is 2.29 bits per heavy atom. The number of para-hydroxylation sites is 1. The number of aromatic nitrogens is 1. The molecule has 35 heavy (non-hydrogen) atoms. The molecule has 0 bridgehead atoms. The Kier molecular flexibility index (Phi) is 7.16. The van der Waals surface area contributed by atoms with Crippen molar-refractivity contribution in [3.8, 4) is 5.75 Å². The van der Waals surface area contributed by atoms with Crippen LogP contribution in [0.25, 0.3) is 10.9 Å². The molecule has 0 fully saturated rings. The highest BCUT2D eigenvalue weighted by Gasteiger charge is 2.23. The van der Waals surface area contributed by atoms with E-state index in [0.717, 1.165) is 0 Å². The van der Waals surface area contributed by atoms with Crippen LogP contribution in [-0.4, -0.2) is 29.5 Å². The van der Waals surface area contributed by atoms with Gasteiger partial charge in [0.15, 0.2) is 0 Å². The van der Waals surface area contributed by atoms with Crippen LogP contribution in [0.15, 0.2) is 66.7 Å². The van der Waals surface area contributed by atoms with E-state index in [9.17, 15) is 14.4 Å². The van der Waals surface area contributed by atoms with E-state index in [1.54, 1.807) is 60.7 Å². The monoisotopic (exact) mass is 530 g/mol. The molecule has 0 unspecified atom stereocenters. The molecule has 4 rings (SSSR count). The number of hydrogen-bond donors (Lipinski definition) is 3. The number of nitrogens with zero attached hydrogens (tertiary/aromatic N) is 1. The first kappa shape index (κ1) is 24.4. The van der Waals surface area contributed by atoms with Gasteiger partial charge in [0.05, 0.1) is 22.8 Å². The average molecular weight is 532 g/mol. The molecular weight excluding hydrogens is 515 g/mol. The van der Waals surface area contributed by atoms with Gasteiger partial charge in [-0.2, -0.15) is 0 Å². The van der Waals surface area contributed by atoms with Crippen molar-refractivity contribution in [1.82, 2.24) is 4.68 Å². The van der Waals surface area contributed by atoms with Crippen LogP contribution in [0.1, 0.15) is 10.5 Å². The van der Waals surface area contributed by atoms with Gasteiger partial charge in [-0.15, -0.1) is 0 Å². The van der Waals surface area contributed by atoms with E-state index in [-0.39, 0.29) is 21.4 Å². The Morgan fingerprint density at radius 2 is 1.57 bits per heavy atom. The molecule has 3 aromatic carbocycles. The molecular formula is C24H17Cl3N4O4. The maximum Gasteiger partial charge on any atom is 0.328 e. The van der Waals surface area contributed by atoms with Crippen LogP contribution in [-0.2, 0) is 9.59 Å². The predicted molar refractivity (Wildman–Crippen MR) is 137 cm³/mol. The largest absolute Gasteiger partial charge is 0.494 e. The van der Waals surface area contributed by atoms with Gasteiger partial charge in [-0.05, 0) is 48.5 Å². The Bertz CT molecular complexity index is 1450. The first-order chi connectivity index (χ1) is 16.8. The third-order valence-corrected chi connectivity index (χ3v) is 6.03. The number of fused-ring (bicyclic) bond motifs is 1. The molecule has 0 aliphatic heterocycles. The van der Waals surface area contributed by atoms with Gasteiger partial charge < -0.3 is 15.4 Å². The minimum absolute atomic E-state index is 0.0568. The topological polar surface area (TPSA) is 101 Å². The van der Waals surface area contributed by atoms with Crippen molar-refractivity contribution in [2.75, 3.05) is 23.2 Å². The number of amides is 3. The van der Waals surface area contributed by atoms with Crippen molar-refractivity contribution in [2.24, 2.45) is 0 Å². The van der Waals surface area contributed by atoms with E-state index in [2.05, 4.69) is 16.1 Å².